The molecule has 2 aliphatic rings. The predicted octanol–water partition coefficient (Wildman–Crippen LogP) is 3.11. The summed E-state index contributed by atoms with van der Waals surface area (Å²) in [5.74, 6) is 1.02. The van der Waals surface area contributed by atoms with Crippen molar-refractivity contribution in [3.63, 3.8) is 0 Å². The summed E-state index contributed by atoms with van der Waals surface area (Å²) in [5.41, 5.74) is 1.36. The zero-order valence-corrected chi connectivity index (χ0v) is 18.7. The average Bonchev–Trinajstić information content (AvgIpc) is 3.33. The van der Waals surface area contributed by atoms with Gasteiger partial charge in [-0.3, -0.25) is 14.4 Å². The normalized spacial score (nSPS) is 20.8. The van der Waals surface area contributed by atoms with Crippen LogP contribution in [0.1, 0.15) is 37.7 Å². The van der Waals surface area contributed by atoms with E-state index in [1.807, 2.05) is 23.1 Å². The second-order valence-electron chi connectivity index (χ2n) is 9.11. The molecular formula is C25H37N5O. The van der Waals surface area contributed by atoms with Crippen LogP contribution in [0.3, 0.4) is 0 Å². The summed E-state index contributed by atoms with van der Waals surface area (Å²) in [7, 11) is 0. The summed E-state index contributed by atoms with van der Waals surface area (Å²) >= 11 is 0. The summed E-state index contributed by atoms with van der Waals surface area (Å²) in [6.45, 7) is 9.16. The SMILES string of the molecule is O=C(CCC1CCCN(CCCn2cccn2)C1)N1CCN(Cc2ccccc2)CC1. The third-order valence-corrected chi connectivity index (χ3v) is 6.76. The number of aryl methyl sites for hydroxylation is 1. The van der Waals surface area contributed by atoms with Crippen LogP contribution in [0.15, 0.2) is 48.8 Å². The molecular weight excluding hydrogens is 386 g/mol. The van der Waals surface area contributed by atoms with Crippen molar-refractivity contribution in [2.45, 2.75) is 45.2 Å². The Hall–Kier alpha value is -2.18. The van der Waals surface area contributed by atoms with Crippen LogP contribution in [-0.2, 0) is 17.9 Å². The van der Waals surface area contributed by atoms with Gasteiger partial charge in [0.05, 0.1) is 0 Å². The monoisotopic (exact) mass is 423 g/mol. The Morgan fingerprint density at radius 1 is 0.968 bits per heavy atom. The number of amides is 1. The smallest absolute Gasteiger partial charge is 0.222 e. The van der Waals surface area contributed by atoms with Gasteiger partial charge in [0.15, 0.2) is 0 Å². The van der Waals surface area contributed by atoms with Gasteiger partial charge in [-0.15, -0.1) is 0 Å². The van der Waals surface area contributed by atoms with Crippen LogP contribution in [0.25, 0.3) is 0 Å². The molecule has 0 N–H and O–H groups in total. The van der Waals surface area contributed by atoms with E-state index in [0.29, 0.717) is 18.2 Å². The van der Waals surface area contributed by atoms with Crippen molar-refractivity contribution >= 4 is 5.91 Å². The first-order valence-electron chi connectivity index (χ1n) is 12.0. The van der Waals surface area contributed by atoms with Crippen LogP contribution >= 0.6 is 0 Å². The fraction of sp³-hybridized carbons (Fsp3) is 0.600. The molecule has 3 heterocycles. The largest absolute Gasteiger partial charge is 0.340 e. The molecule has 1 aromatic heterocycles. The van der Waals surface area contributed by atoms with E-state index >= 15 is 0 Å². The van der Waals surface area contributed by atoms with Gasteiger partial charge in [-0.05, 0) is 56.3 Å². The molecule has 2 fully saturated rings. The predicted molar refractivity (Wildman–Crippen MR) is 124 cm³/mol. The molecule has 1 unspecified atom stereocenters. The van der Waals surface area contributed by atoms with Crippen LogP contribution in [0.4, 0.5) is 0 Å². The van der Waals surface area contributed by atoms with Gasteiger partial charge in [0.1, 0.15) is 0 Å². The van der Waals surface area contributed by atoms with Crippen molar-refractivity contribution in [3.05, 3.63) is 54.4 Å². The summed E-state index contributed by atoms with van der Waals surface area (Å²) in [5, 5.41) is 4.29. The highest BCUT2D eigenvalue weighted by molar-refractivity contribution is 5.76. The number of aromatic nitrogens is 2. The molecule has 1 amide bonds. The van der Waals surface area contributed by atoms with Crippen LogP contribution in [0.2, 0.25) is 0 Å². The number of piperazine rings is 1. The molecule has 0 radical (unpaired) electrons. The van der Waals surface area contributed by atoms with Gasteiger partial charge in [-0.2, -0.15) is 5.10 Å². The number of rotatable bonds is 9. The van der Waals surface area contributed by atoms with E-state index in [-0.39, 0.29) is 0 Å². The van der Waals surface area contributed by atoms with Crippen LogP contribution in [0, 0.1) is 5.92 Å². The number of hydrogen-bond acceptors (Lipinski definition) is 4. The van der Waals surface area contributed by atoms with Crippen LogP contribution < -0.4 is 0 Å². The standard InChI is InChI=1S/C25H37N5O/c31-25(29-19-17-28(18-20-29)21-23-7-2-1-3-8-23)11-10-24-9-4-13-27(22-24)14-6-16-30-15-5-12-26-30/h1-3,5,7-8,12,15,24H,4,6,9-11,13-14,16-22H2. The average molecular weight is 424 g/mol. The molecule has 6 heteroatoms. The second kappa shape index (κ2) is 11.4. The van der Waals surface area contributed by atoms with Gasteiger partial charge < -0.3 is 9.80 Å². The highest BCUT2D eigenvalue weighted by Crippen LogP contribution is 2.22. The summed E-state index contributed by atoms with van der Waals surface area (Å²) in [6.07, 6.45) is 9.31. The van der Waals surface area contributed by atoms with Crippen molar-refractivity contribution in [1.82, 2.24) is 24.5 Å². The highest BCUT2D eigenvalue weighted by Gasteiger charge is 2.24. The van der Waals surface area contributed by atoms with Crippen molar-refractivity contribution in [2.75, 3.05) is 45.8 Å². The zero-order chi connectivity index (χ0) is 21.3. The topological polar surface area (TPSA) is 44.6 Å². The number of carbonyl (C=O) groups is 1. The first-order chi connectivity index (χ1) is 15.3. The first kappa shape index (κ1) is 22.0. The number of benzene rings is 1. The van der Waals surface area contributed by atoms with Gasteiger partial charge in [0.25, 0.3) is 0 Å². The molecule has 0 aliphatic carbocycles. The number of likely N-dealkylation sites (tertiary alicyclic amines) is 1. The number of hydrogen-bond donors (Lipinski definition) is 0. The van der Waals surface area contributed by atoms with Gasteiger partial charge in [0.2, 0.25) is 5.91 Å². The highest BCUT2D eigenvalue weighted by atomic mass is 16.2. The minimum Gasteiger partial charge on any atom is -0.340 e. The minimum atomic E-state index is 0.357. The lowest BCUT2D eigenvalue weighted by Gasteiger charge is -2.36. The number of nitrogens with zero attached hydrogens (tertiary/aromatic N) is 5. The van der Waals surface area contributed by atoms with Crippen LogP contribution in [0.5, 0.6) is 0 Å². The minimum absolute atomic E-state index is 0.357. The fourth-order valence-corrected chi connectivity index (χ4v) is 4.96. The molecule has 0 spiro atoms. The maximum absolute atomic E-state index is 12.8. The zero-order valence-electron chi connectivity index (χ0n) is 18.7. The van der Waals surface area contributed by atoms with E-state index in [0.717, 1.165) is 65.2 Å². The molecule has 31 heavy (non-hydrogen) atoms. The molecule has 1 aromatic carbocycles. The Bertz CT molecular complexity index is 770. The van der Waals surface area contributed by atoms with E-state index in [2.05, 4.69) is 50.1 Å². The molecule has 2 aromatic rings. The first-order valence-corrected chi connectivity index (χ1v) is 12.0. The van der Waals surface area contributed by atoms with Gasteiger partial charge >= 0.3 is 0 Å². The third kappa shape index (κ3) is 6.91. The van der Waals surface area contributed by atoms with E-state index in [1.165, 1.54) is 24.9 Å². The van der Waals surface area contributed by atoms with Gasteiger partial charge in [-0.25, -0.2) is 0 Å². The Kier molecular flexibility index (Phi) is 8.13. The molecule has 2 aliphatic heterocycles. The number of carbonyl (C=O) groups excluding carboxylic acids is 1. The molecule has 4 rings (SSSR count). The molecule has 0 bridgehead atoms. The van der Waals surface area contributed by atoms with Gasteiger partial charge in [0, 0.05) is 64.6 Å². The van der Waals surface area contributed by atoms with Crippen molar-refractivity contribution in [3.8, 4) is 0 Å². The molecule has 168 valence electrons. The lowest BCUT2D eigenvalue weighted by Crippen LogP contribution is -2.48. The number of piperidine rings is 1. The van der Waals surface area contributed by atoms with Crippen molar-refractivity contribution in [1.29, 1.82) is 0 Å². The lowest BCUT2D eigenvalue weighted by molar-refractivity contribution is -0.133. The fourth-order valence-electron chi connectivity index (χ4n) is 4.96. The Morgan fingerprint density at radius 2 is 1.81 bits per heavy atom. The summed E-state index contributed by atoms with van der Waals surface area (Å²) in [4.78, 5) is 19.9. The lowest BCUT2D eigenvalue weighted by atomic mass is 9.93. The second-order valence-corrected chi connectivity index (χ2v) is 9.11. The van der Waals surface area contributed by atoms with E-state index in [1.54, 1.807) is 0 Å². The van der Waals surface area contributed by atoms with Crippen molar-refractivity contribution < 1.29 is 4.79 Å². The Labute approximate surface area is 186 Å². The Balaban J connectivity index is 1.12. The molecule has 6 nitrogen and oxygen atoms in total. The van der Waals surface area contributed by atoms with Crippen molar-refractivity contribution in [2.24, 2.45) is 5.92 Å². The third-order valence-electron chi connectivity index (χ3n) is 6.76. The quantitative estimate of drug-likeness (QED) is 0.622. The molecule has 0 saturated carbocycles. The van der Waals surface area contributed by atoms with E-state index in [4.69, 9.17) is 0 Å². The summed E-state index contributed by atoms with van der Waals surface area (Å²) in [6, 6.07) is 12.6. The van der Waals surface area contributed by atoms with E-state index in [9.17, 15) is 4.79 Å². The van der Waals surface area contributed by atoms with Gasteiger partial charge in [-0.1, -0.05) is 30.3 Å². The summed E-state index contributed by atoms with van der Waals surface area (Å²) < 4.78 is 2.01. The molecule has 2 saturated heterocycles. The van der Waals surface area contributed by atoms with Crippen LogP contribution in [-0.4, -0.2) is 76.2 Å². The maximum Gasteiger partial charge on any atom is 0.222 e. The van der Waals surface area contributed by atoms with E-state index < -0.39 is 0 Å². The molecule has 1 atom stereocenters. The maximum atomic E-state index is 12.8. The Morgan fingerprint density at radius 3 is 2.58 bits per heavy atom.